The molecule has 0 unspecified atom stereocenters. The maximum atomic E-state index is 13.2. The molecule has 0 N–H and O–H groups in total. The maximum Gasteiger partial charge on any atom is 0.251 e. The number of rotatable bonds is 5. The van der Waals surface area contributed by atoms with Crippen molar-refractivity contribution in [1.29, 1.82) is 0 Å². The first-order valence-electron chi connectivity index (χ1n) is 10.2. The van der Waals surface area contributed by atoms with E-state index in [9.17, 15) is 8.42 Å². The van der Waals surface area contributed by atoms with Crippen molar-refractivity contribution in [1.82, 2.24) is 14.8 Å². The van der Waals surface area contributed by atoms with Gasteiger partial charge in [0, 0.05) is 19.1 Å². The quantitative estimate of drug-likeness (QED) is 0.790. The molecule has 1 aliphatic heterocycles. The van der Waals surface area contributed by atoms with Crippen molar-refractivity contribution in [2.24, 2.45) is 0 Å². The highest BCUT2D eigenvalue weighted by molar-refractivity contribution is 7.90. The van der Waals surface area contributed by atoms with Gasteiger partial charge in [0.15, 0.2) is 0 Å². The molecule has 1 saturated heterocycles. The van der Waals surface area contributed by atoms with Crippen LogP contribution >= 0.6 is 0 Å². The van der Waals surface area contributed by atoms with Gasteiger partial charge in [-0.15, -0.1) is 10.2 Å². The van der Waals surface area contributed by atoms with E-state index in [0.717, 1.165) is 63.1 Å². The minimum absolute atomic E-state index is 0.00509. The predicted molar refractivity (Wildman–Crippen MR) is 104 cm³/mol. The molecule has 0 atom stereocenters. The van der Waals surface area contributed by atoms with Crippen LogP contribution in [0.15, 0.2) is 23.4 Å². The van der Waals surface area contributed by atoms with Crippen LogP contribution < -0.4 is 4.90 Å². The molecule has 5 rings (SSSR count). The lowest BCUT2D eigenvalue weighted by molar-refractivity contribution is 0.538. The summed E-state index contributed by atoms with van der Waals surface area (Å²) < 4.78 is 28.3. The van der Waals surface area contributed by atoms with Gasteiger partial charge in [0.2, 0.25) is 15.8 Å². The molecule has 3 aliphatic rings. The van der Waals surface area contributed by atoms with Crippen LogP contribution in [-0.2, 0) is 28.4 Å². The van der Waals surface area contributed by atoms with Gasteiger partial charge in [-0.3, -0.25) is 4.57 Å². The van der Waals surface area contributed by atoms with Gasteiger partial charge in [-0.2, -0.15) is 0 Å². The minimum atomic E-state index is -3.52. The van der Waals surface area contributed by atoms with Crippen LogP contribution in [-0.4, -0.2) is 36.3 Å². The van der Waals surface area contributed by atoms with Gasteiger partial charge in [0.05, 0.1) is 5.75 Å². The number of hydrogen-bond acceptors (Lipinski definition) is 5. The van der Waals surface area contributed by atoms with E-state index in [4.69, 9.17) is 0 Å². The van der Waals surface area contributed by atoms with Crippen LogP contribution in [0.4, 0.5) is 5.95 Å². The van der Waals surface area contributed by atoms with Crippen LogP contribution in [0.1, 0.15) is 61.3 Å². The van der Waals surface area contributed by atoms with Gasteiger partial charge in [-0.05, 0) is 68.1 Å². The Morgan fingerprint density at radius 1 is 0.963 bits per heavy atom. The summed E-state index contributed by atoms with van der Waals surface area (Å²) in [5, 5.41) is 8.66. The molecule has 0 spiro atoms. The molecule has 0 bridgehead atoms. The Labute approximate surface area is 160 Å². The largest absolute Gasteiger partial charge is 0.341 e. The third-order valence-corrected chi connectivity index (χ3v) is 7.54. The fourth-order valence-electron chi connectivity index (χ4n) is 4.44. The molecule has 27 heavy (non-hydrogen) atoms. The van der Waals surface area contributed by atoms with Crippen molar-refractivity contribution in [2.45, 2.75) is 68.3 Å². The van der Waals surface area contributed by atoms with Crippen LogP contribution in [0.2, 0.25) is 0 Å². The zero-order chi connectivity index (χ0) is 18.4. The van der Waals surface area contributed by atoms with Crippen LogP contribution in [0, 0.1) is 0 Å². The molecular weight excluding hydrogens is 360 g/mol. The van der Waals surface area contributed by atoms with Crippen LogP contribution in [0.3, 0.4) is 0 Å². The molecule has 7 heteroatoms. The van der Waals surface area contributed by atoms with Crippen LogP contribution in [0.5, 0.6) is 0 Å². The first-order valence-corrected chi connectivity index (χ1v) is 11.8. The fraction of sp³-hybridized carbons (Fsp3) is 0.600. The van der Waals surface area contributed by atoms with E-state index in [0.29, 0.717) is 0 Å². The fourth-order valence-corrected chi connectivity index (χ4v) is 5.89. The minimum Gasteiger partial charge on any atom is -0.341 e. The Morgan fingerprint density at radius 3 is 2.52 bits per heavy atom. The normalized spacial score (nSPS) is 20.1. The van der Waals surface area contributed by atoms with Gasteiger partial charge < -0.3 is 4.90 Å². The number of hydrogen-bond donors (Lipinski definition) is 0. The van der Waals surface area contributed by atoms with Crippen molar-refractivity contribution in [3.8, 4) is 0 Å². The molecule has 0 radical (unpaired) electrons. The van der Waals surface area contributed by atoms with Gasteiger partial charge in [0.25, 0.3) is 5.16 Å². The molecule has 1 aromatic heterocycles. The average Bonchev–Trinajstić information content (AvgIpc) is 3.23. The van der Waals surface area contributed by atoms with E-state index in [1.165, 1.54) is 24.0 Å². The molecule has 0 amide bonds. The van der Waals surface area contributed by atoms with E-state index in [1.807, 2.05) is 10.6 Å². The number of aryl methyl sites for hydroxylation is 2. The Kier molecular flexibility index (Phi) is 4.22. The zero-order valence-electron chi connectivity index (χ0n) is 15.6. The summed E-state index contributed by atoms with van der Waals surface area (Å²) in [5.74, 6) is 0.759. The second kappa shape index (κ2) is 6.62. The van der Waals surface area contributed by atoms with Gasteiger partial charge >= 0.3 is 0 Å². The van der Waals surface area contributed by atoms with Gasteiger partial charge in [-0.25, -0.2) is 8.42 Å². The lowest BCUT2D eigenvalue weighted by Gasteiger charge is -2.27. The Balaban J connectivity index is 1.47. The number of piperidine rings is 1. The molecule has 6 nitrogen and oxygen atoms in total. The molecule has 1 aromatic carbocycles. The van der Waals surface area contributed by atoms with E-state index in [-0.39, 0.29) is 17.0 Å². The van der Waals surface area contributed by atoms with Gasteiger partial charge in [-0.1, -0.05) is 18.2 Å². The van der Waals surface area contributed by atoms with E-state index in [2.05, 4.69) is 27.2 Å². The SMILES string of the molecule is O=S(=O)(Cc1ccc2c(c1)CCC2)c1nnc(N2CCCCC2)n1C1CC1. The third-order valence-electron chi connectivity index (χ3n) is 6.00. The smallest absolute Gasteiger partial charge is 0.251 e. The highest BCUT2D eigenvalue weighted by Gasteiger charge is 2.36. The summed E-state index contributed by atoms with van der Waals surface area (Å²) in [5.41, 5.74) is 3.53. The lowest BCUT2D eigenvalue weighted by Crippen LogP contribution is -2.32. The molecule has 144 valence electrons. The van der Waals surface area contributed by atoms with E-state index >= 15 is 0 Å². The number of nitrogens with zero attached hydrogens (tertiary/aromatic N) is 4. The first-order chi connectivity index (χ1) is 13.1. The average molecular weight is 387 g/mol. The van der Waals surface area contributed by atoms with Gasteiger partial charge in [0.1, 0.15) is 0 Å². The zero-order valence-corrected chi connectivity index (χ0v) is 16.4. The Bertz CT molecular complexity index is 956. The third kappa shape index (κ3) is 3.26. The number of benzene rings is 1. The highest BCUT2D eigenvalue weighted by Crippen LogP contribution is 2.40. The maximum absolute atomic E-state index is 13.2. The van der Waals surface area contributed by atoms with Crippen molar-refractivity contribution in [2.75, 3.05) is 18.0 Å². The summed E-state index contributed by atoms with van der Waals surface area (Å²) in [6.07, 6.45) is 8.86. The first kappa shape index (κ1) is 17.2. The highest BCUT2D eigenvalue weighted by atomic mass is 32.2. The summed E-state index contributed by atoms with van der Waals surface area (Å²) in [6.45, 7) is 1.88. The number of sulfone groups is 1. The topological polar surface area (TPSA) is 68.1 Å². The number of fused-ring (bicyclic) bond motifs is 1. The molecule has 2 fully saturated rings. The molecule has 2 aliphatic carbocycles. The summed E-state index contributed by atoms with van der Waals surface area (Å²) in [4.78, 5) is 2.21. The Morgan fingerprint density at radius 2 is 1.74 bits per heavy atom. The standard InChI is InChI=1S/C20H26N4O2S/c25-27(26,14-15-7-8-16-5-4-6-17(16)13-15)20-22-21-19(24(20)18-9-10-18)23-11-2-1-3-12-23/h7-8,13,18H,1-6,9-12,14H2. The van der Waals surface area contributed by atoms with Crippen molar-refractivity contribution in [3.63, 3.8) is 0 Å². The second-order valence-electron chi connectivity index (χ2n) is 8.15. The summed E-state index contributed by atoms with van der Waals surface area (Å²) in [7, 11) is -3.52. The monoisotopic (exact) mass is 386 g/mol. The predicted octanol–water partition coefficient (Wildman–Crippen LogP) is 3.07. The second-order valence-corrected chi connectivity index (χ2v) is 10.0. The van der Waals surface area contributed by atoms with E-state index in [1.54, 1.807) is 0 Å². The number of aromatic nitrogens is 3. The van der Waals surface area contributed by atoms with Crippen molar-refractivity contribution in [3.05, 3.63) is 34.9 Å². The Hall–Kier alpha value is -1.89. The van der Waals surface area contributed by atoms with Crippen LogP contribution in [0.25, 0.3) is 0 Å². The summed E-state index contributed by atoms with van der Waals surface area (Å²) >= 11 is 0. The number of anilines is 1. The molecule has 2 aromatic rings. The lowest BCUT2D eigenvalue weighted by atomic mass is 10.1. The van der Waals surface area contributed by atoms with E-state index < -0.39 is 9.84 Å². The molecule has 2 heterocycles. The summed E-state index contributed by atoms with van der Waals surface area (Å²) in [6, 6.07) is 6.37. The van der Waals surface area contributed by atoms with Crippen molar-refractivity contribution >= 4 is 15.8 Å². The molecule has 1 saturated carbocycles. The molecular formula is C20H26N4O2S. The van der Waals surface area contributed by atoms with Crippen molar-refractivity contribution < 1.29 is 8.42 Å².